The lowest BCUT2D eigenvalue weighted by Gasteiger charge is -2.34. The second-order valence-electron chi connectivity index (χ2n) is 9.84. The second kappa shape index (κ2) is 7.05. The van der Waals surface area contributed by atoms with Crippen LogP contribution in [0.1, 0.15) is 59.8 Å². The van der Waals surface area contributed by atoms with Gasteiger partial charge in [0.05, 0.1) is 0 Å². The van der Waals surface area contributed by atoms with Gasteiger partial charge in [-0.25, -0.2) is 4.98 Å². The maximum atomic E-state index is 14.1. The molecule has 1 saturated carbocycles. The van der Waals surface area contributed by atoms with Gasteiger partial charge in [0.15, 0.2) is 0 Å². The molecule has 1 aliphatic heterocycles. The number of rotatable bonds is 3. The molecule has 35 heavy (non-hydrogen) atoms. The first-order chi connectivity index (χ1) is 16.7. The van der Waals surface area contributed by atoms with Crippen LogP contribution in [0.3, 0.4) is 0 Å². The van der Waals surface area contributed by atoms with E-state index in [-0.39, 0.29) is 17.2 Å². The van der Waals surface area contributed by atoms with Gasteiger partial charge in [0.25, 0.3) is 11.7 Å². The lowest BCUT2D eigenvalue weighted by Crippen LogP contribution is -2.62. The van der Waals surface area contributed by atoms with Crippen LogP contribution in [-0.4, -0.2) is 32.0 Å². The van der Waals surface area contributed by atoms with E-state index in [0.29, 0.717) is 41.1 Å². The van der Waals surface area contributed by atoms with Crippen LogP contribution in [0.5, 0.6) is 5.75 Å². The number of hydrogen-bond donors (Lipinski definition) is 3. The standard InChI is InChI=1S/C27H26N4O4/c1-14(2)16-7-8-17-21(12-16)35-27(34)18-5-4-6-19(28)23(18)24(32)26(17,27)30-25(33)20-13-31-10-9-15(3)11-22(31)29-20/h5,7-14,34H,4,6,28H2,1-3H3,(H,30,33). The Balaban J connectivity index is 1.53. The zero-order valence-corrected chi connectivity index (χ0v) is 19.8. The molecule has 0 saturated heterocycles. The van der Waals surface area contributed by atoms with Crippen molar-refractivity contribution >= 4 is 17.3 Å². The number of aryl methyl sites for hydroxylation is 1. The van der Waals surface area contributed by atoms with E-state index in [1.54, 1.807) is 22.7 Å². The predicted molar refractivity (Wildman–Crippen MR) is 129 cm³/mol. The van der Waals surface area contributed by atoms with Gasteiger partial charge in [0.1, 0.15) is 17.1 Å². The van der Waals surface area contributed by atoms with Crippen LogP contribution in [0, 0.1) is 6.92 Å². The van der Waals surface area contributed by atoms with Crippen molar-refractivity contribution in [3.05, 3.63) is 88.0 Å². The average Bonchev–Trinajstić information content (AvgIpc) is 3.40. The van der Waals surface area contributed by atoms with Crippen molar-refractivity contribution in [2.45, 2.75) is 50.9 Å². The number of benzene rings is 1. The summed E-state index contributed by atoms with van der Waals surface area (Å²) in [4.78, 5) is 32.1. The minimum Gasteiger partial charge on any atom is -0.454 e. The molecule has 2 unspecified atom stereocenters. The number of allylic oxidation sites excluding steroid dienone is 2. The van der Waals surface area contributed by atoms with Crippen molar-refractivity contribution in [3.63, 3.8) is 0 Å². The molecule has 0 spiro atoms. The molecule has 4 N–H and O–H groups in total. The normalized spacial score (nSPS) is 24.8. The van der Waals surface area contributed by atoms with Gasteiger partial charge in [0, 0.05) is 34.8 Å². The Kier molecular flexibility index (Phi) is 4.35. The zero-order chi connectivity index (χ0) is 24.7. The average molecular weight is 471 g/mol. The van der Waals surface area contributed by atoms with Crippen LogP contribution in [0.25, 0.3) is 5.65 Å². The van der Waals surface area contributed by atoms with E-state index in [0.717, 1.165) is 11.1 Å². The summed E-state index contributed by atoms with van der Waals surface area (Å²) < 4.78 is 7.88. The number of imidazole rings is 1. The molecule has 2 atom stereocenters. The van der Waals surface area contributed by atoms with E-state index in [9.17, 15) is 14.7 Å². The van der Waals surface area contributed by atoms with E-state index < -0.39 is 23.0 Å². The number of carbonyl (C=O) groups excluding carboxylic acids is 2. The first-order valence-corrected chi connectivity index (χ1v) is 11.7. The maximum absolute atomic E-state index is 14.1. The van der Waals surface area contributed by atoms with Gasteiger partial charge in [-0.3, -0.25) is 9.59 Å². The van der Waals surface area contributed by atoms with Crippen molar-refractivity contribution < 1.29 is 19.4 Å². The Bertz CT molecular complexity index is 1510. The smallest absolute Gasteiger partial charge is 0.272 e. The van der Waals surface area contributed by atoms with Gasteiger partial charge in [0.2, 0.25) is 11.3 Å². The number of ether oxygens (including phenoxy) is 1. The Labute approximate surface area is 202 Å². The van der Waals surface area contributed by atoms with Crippen LogP contribution >= 0.6 is 0 Å². The Hall–Kier alpha value is -3.91. The summed E-state index contributed by atoms with van der Waals surface area (Å²) in [5.41, 5.74) is 8.41. The predicted octanol–water partition coefficient (Wildman–Crippen LogP) is 2.99. The Morgan fingerprint density at radius 2 is 2.09 bits per heavy atom. The molecule has 3 aromatic rings. The van der Waals surface area contributed by atoms with E-state index in [2.05, 4.69) is 10.3 Å². The fourth-order valence-corrected chi connectivity index (χ4v) is 5.42. The molecule has 2 aliphatic carbocycles. The van der Waals surface area contributed by atoms with Crippen LogP contribution < -0.4 is 15.8 Å². The molecular formula is C27H26N4O4. The van der Waals surface area contributed by atoms with Crippen molar-refractivity contribution in [2.24, 2.45) is 5.73 Å². The first kappa shape index (κ1) is 21.6. The summed E-state index contributed by atoms with van der Waals surface area (Å²) in [6, 6.07) is 9.23. The highest BCUT2D eigenvalue weighted by molar-refractivity contribution is 6.16. The molecule has 3 aliphatic rings. The summed E-state index contributed by atoms with van der Waals surface area (Å²) in [6.45, 7) is 6.03. The molecule has 2 aromatic heterocycles. The number of aliphatic hydroxyl groups is 1. The van der Waals surface area contributed by atoms with Gasteiger partial charge in [-0.05, 0) is 55.0 Å². The molecule has 178 valence electrons. The lowest BCUT2D eigenvalue weighted by atomic mass is 9.83. The van der Waals surface area contributed by atoms with E-state index >= 15 is 0 Å². The van der Waals surface area contributed by atoms with Crippen LogP contribution in [0.15, 0.2) is 65.6 Å². The molecule has 0 bridgehead atoms. The lowest BCUT2D eigenvalue weighted by molar-refractivity contribution is -0.152. The monoisotopic (exact) mass is 470 g/mol. The number of nitrogens with zero attached hydrogens (tertiary/aromatic N) is 2. The fraction of sp³-hybridized carbons (Fsp3) is 0.296. The van der Waals surface area contributed by atoms with E-state index in [1.807, 2.05) is 51.2 Å². The summed E-state index contributed by atoms with van der Waals surface area (Å²) >= 11 is 0. The molecule has 1 amide bonds. The quantitative estimate of drug-likeness (QED) is 0.542. The highest BCUT2D eigenvalue weighted by atomic mass is 16.6. The molecular weight excluding hydrogens is 444 g/mol. The summed E-state index contributed by atoms with van der Waals surface area (Å²) in [7, 11) is 0. The zero-order valence-electron chi connectivity index (χ0n) is 19.8. The number of amides is 1. The third-order valence-corrected chi connectivity index (χ3v) is 7.28. The SMILES string of the molecule is Cc1ccn2cc(C(=O)NC34C(=O)C5=C(N)CCC=C5C3(O)Oc3cc(C(C)C)ccc34)nc2c1. The number of Topliss-reactive ketones (excluding diaryl/α,β-unsaturated/α-hetero) is 1. The maximum Gasteiger partial charge on any atom is 0.272 e. The number of hydrogen-bond acceptors (Lipinski definition) is 6. The molecule has 0 radical (unpaired) electrons. The Morgan fingerprint density at radius 3 is 2.86 bits per heavy atom. The molecule has 3 heterocycles. The second-order valence-corrected chi connectivity index (χ2v) is 9.84. The highest BCUT2D eigenvalue weighted by Gasteiger charge is 2.74. The summed E-state index contributed by atoms with van der Waals surface area (Å²) in [6.07, 6.45) is 6.25. The van der Waals surface area contributed by atoms with E-state index in [1.165, 1.54) is 0 Å². The van der Waals surface area contributed by atoms with Crippen molar-refractivity contribution in [1.29, 1.82) is 0 Å². The topological polar surface area (TPSA) is 119 Å². The largest absolute Gasteiger partial charge is 0.454 e. The van der Waals surface area contributed by atoms with Gasteiger partial charge in [-0.2, -0.15) is 0 Å². The number of ketones is 1. The molecule has 1 fully saturated rings. The number of fused-ring (bicyclic) bond motifs is 6. The van der Waals surface area contributed by atoms with E-state index in [4.69, 9.17) is 10.5 Å². The summed E-state index contributed by atoms with van der Waals surface area (Å²) in [5.74, 6) is -2.62. The number of carbonyl (C=O) groups is 2. The minimum absolute atomic E-state index is 0.123. The molecule has 6 rings (SSSR count). The summed E-state index contributed by atoms with van der Waals surface area (Å²) in [5, 5.41) is 14.9. The van der Waals surface area contributed by atoms with Crippen molar-refractivity contribution in [1.82, 2.24) is 14.7 Å². The Morgan fingerprint density at radius 1 is 1.29 bits per heavy atom. The van der Waals surface area contributed by atoms with Gasteiger partial charge in [-0.15, -0.1) is 0 Å². The fourth-order valence-electron chi connectivity index (χ4n) is 5.42. The number of aromatic nitrogens is 2. The van der Waals surface area contributed by atoms with Crippen LogP contribution in [-0.2, 0) is 10.3 Å². The third kappa shape index (κ3) is 2.74. The van der Waals surface area contributed by atoms with Gasteiger partial charge < -0.3 is 25.3 Å². The molecule has 1 aromatic carbocycles. The van der Waals surface area contributed by atoms with Gasteiger partial charge >= 0.3 is 0 Å². The molecule has 8 heteroatoms. The van der Waals surface area contributed by atoms with Crippen LogP contribution in [0.2, 0.25) is 0 Å². The number of pyridine rings is 1. The van der Waals surface area contributed by atoms with Crippen molar-refractivity contribution in [3.8, 4) is 5.75 Å². The highest BCUT2D eigenvalue weighted by Crippen LogP contribution is 2.59. The van der Waals surface area contributed by atoms with Crippen LogP contribution in [0.4, 0.5) is 0 Å². The molecule has 8 nitrogen and oxygen atoms in total. The number of nitrogens with two attached hydrogens (primary N) is 1. The third-order valence-electron chi connectivity index (χ3n) is 7.28. The van der Waals surface area contributed by atoms with Crippen molar-refractivity contribution in [2.75, 3.05) is 0 Å². The van der Waals surface area contributed by atoms with Gasteiger partial charge in [-0.1, -0.05) is 32.1 Å². The minimum atomic E-state index is -2.12. The first-order valence-electron chi connectivity index (χ1n) is 11.7. The number of nitrogens with one attached hydrogen (secondary N) is 1.